The maximum Gasteiger partial charge on any atom is 0.416 e. The number of benzene rings is 1. The number of nitrogens with zero attached hydrogens (tertiary/aromatic N) is 1. The zero-order valence-electron chi connectivity index (χ0n) is 10.0. The van der Waals surface area contributed by atoms with Crippen molar-refractivity contribution < 1.29 is 17.4 Å². The summed E-state index contributed by atoms with van der Waals surface area (Å²) >= 11 is 0. The van der Waals surface area contributed by atoms with Gasteiger partial charge in [-0.3, -0.25) is 4.21 Å². The first-order valence-electron chi connectivity index (χ1n) is 5.58. The maximum atomic E-state index is 12.4. The number of nitrogen functional groups attached to an aromatic ring is 1. The van der Waals surface area contributed by atoms with E-state index < -0.39 is 22.5 Å². The second kappa shape index (κ2) is 6.57. The Labute approximate surface area is 111 Å². The quantitative estimate of drug-likeness (QED) is 0.669. The highest BCUT2D eigenvalue weighted by molar-refractivity contribution is 7.85. The van der Waals surface area contributed by atoms with E-state index >= 15 is 0 Å². The molecule has 0 spiro atoms. The summed E-state index contributed by atoms with van der Waals surface area (Å²) < 4.78 is 49.1. The molecule has 19 heavy (non-hydrogen) atoms. The minimum atomic E-state index is -4.46. The Morgan fingerprint density at radius 2 is 2.00 bits per heavy atom. The third kappa shape index (κ3) is 4.56. The van der Waals surface area contributed by atoms with Crippen LogP contribution in [0, 0.1) is 11.3 Å². The molecule has 0 radical (unpaired) electrons. The average Bonchev–Trinajstić information content (AvgIpc) is 2.33. The Hall–Kier alpha value is -1.55. The zero-order valence-corrected chi connectivity index (χ0v) is 10.9. The third-order valence-electron chi connectivity index (χ3n) is 2.45. The van der Waals surface area contributed by atoms with Gasteiger partial charge in [0.2, 0.25) is 0 Å². The first kappa shape index (κ1) is 15.5. The molecule has 104 valence electrons. The minimum absolute atomic E-state index is 0.117. The van der Waals surface area contributed by atoms with Crippen LogP contribution in [0.15, 0.2) is 23.1 Å². The van der Waals surface area contributed by atoms with Gasteiger partial charge in [0.25, 0.3) is 0 Å². The van der Waals surface area contributed by atoms with Gasteiger partial charge in [0.15, 0.2) is 0 Å². The summed E-state index contributed by atoms with van der Waals surface area (Å²) in [5.41, 5.74) is 4.54. The van der Waals surface area contributed by atoms with Crippen molar-refractivity contribution in [1.29, 1.82) is 5.26 Å². The van der Waals surface area contributed by atoms with Crippen LogP contribution < -0.4 is 5.73 Å². The van der Waals surface area contributed by atoms with Crippen molar-refractivity contribution in [3.8, 4) is 6.07 Å². The first-order valence-corrected chi connectivity index (χ1v) is 6.90. The van der Waals surface area contributed by atoms with Gasteiger partial charge in [-0.1, -0.05) is 0 Å². The number of nitrogens with two attached hydrogens (primary N) is 1. The van der Waals surface area contributed by atoms with Crippen LogP contribution in [0.1, 0.15) is 24.8 Å². The van der Waals surface area contributed by atoms with Crippen molar-refractivity contribution in [3.63, 3.8) is 0 Å². The number of rotatable bonds is 5. The summed E-state index contributed by atoms with van der Waals surface area (Å²) in [5.74, 6) is 0.289. The molecule has 0 aliphatic carbocycles. The number of hydrogen-bond acceptors (Lipinski definition) is 3. The average molecular weight is 290 g/mol. The summed E-state index contributed by atoms with van der Waals surface area (Å²) in [4.78, 5) is 0.213. The Kier molecular flexibility index (Phi) is 5.36. The second-order valence-corrected chi connectivity index (χ2v) is 5.45. The highest BCUT2D eigenvalue weighted by Gasteiger charge is 2.31. The zero-order chi connectivity index (χ0) is 14.5. The first-order chi connectivity index (χ1) is 8.86. The van der Waals surface area contributed by atoms with Gasteiger partial charge < -0.3 is 5.73 Å². The van der Waals surface area contributed by atoms with E-state index in [0.29, 0.717) is 19.3 Å². The lowest BCUT2D eigenvalue weighted by atomic mass is 10.2. The van der Waals surface area contributed by atoms with Crippen LogP contribution >= 0.6 is 0 Å². The molecule has 7 heteroatoms. The molecule has 0 heterocycles. The number of nitriles is 1. The molecule has 1 aromatic rings. The third-order valence-corrected chi connectivity index (χ3v) is 3.97. The maximum absolute atomic E-state index is 12.4. The molecule has 0 bridgehead atoms. The standard InChI is InChI=1S/C12H13F3N2OS/c13-12(14,15)9-4-5-11(10(17)8-9)19(18)7-3-1-2-6-16/h4-5,8H,1-3,7,17H2. The van der Waals surface area contributed by atoms with Gasteiger partial charge in [-0.2, -0.15) is 18.4 Å². The molecule has 0 saturated heterocycles. The molecular weight excluding hydrogens is 277 g/mol. The molecule has 0 aliphatic heterocycles. The van der Waals surface area contributed by atoms with E-state index in [2.05, 4.69) is 0 Å². The number of alkyl halides is 3. The number of halogens is 3. The van der Waals surface area contributed by atoms with Gasteiger partial charge in [0.05, 0.1) is 27.3 Å². The molecule has 1 atom stereocenters. The number of unbranched alkanes of at least 4 members (excludes halogenated alkanes) is 2. The van der Waals surface area contributed by atoms with Crippen molar-refractivity contribution in [2.75, 3.05) is 11.5 Å². The number of anilines is 1. The van der Waals surface area contributed by atoms with Crippen LogP contribution in [0.25, 0.3) is 0 Å². The molecule has 2 N–H and O–H groups in total. The van der Waals surface area contributed by atoms with Gasteiger partial charge in [0.1, 0.15) is 0 Å². The Bertz CT molecular complexity index is 509. The Morgan fingerprint density at radius 3 is 2.53 bits per heavy atom. The van der Waals surface area contributed by atoms with Crippen LogP contribution in [0.3, 0.4) is 0 Å². The number of hydrogen-bond donors (Lipinski definition) is 1. The summed E-state index contributed by atoms with van der Waals surface area (Å²) in [6.45, 7) is 0. The monoisotopic (exact) mass is 290 g/mol. The topological polar surface area (TPSA) is 66.9 Å². The highest BCUT2D eigenvalue weighted by Crippen LogP contribution is 2.32. The normalized spacial score (nSPS) is 12.9. The summed E-state index contributed by atoms with van der Waals surface area (Å²) in [6, 6.07) is 4.79. The van der Waals surface area contributed by atoms with E-state index in [9.17, 15) is 17.4 Å². The van der Waals surface area contributed by atoms with E-state index in [0.717, 1.165) is 18.2 Å². The molecule has 0 aliphatic rings. The van der Waals surface area contributed by atoms with E-state index in [4.69, 9.17) is 11.0 Å². The molecule has 1 unspecified atom stereocenters. The van der Waals surface area contributed by atoms with Gasteiger partial charge in [-0.05, 0) is 31.0 Å². The fraction of sp³-hybridized carbons (Fsp3) is 0.417. The molecular formula is C12H13F3N2OS. The lowest BCUT2D eigenvalue weighted by Gasteiger charge is -2.10. The van der Waals surface area contributed by atoms with Crippen molar-refractivity contribution >= 4 is 16.5 Å². The highest BCUT2D eigenvalue weighted by atomic mass is 32.2. The Balaban J connectivity index is 2.74. The lowest BCUT2D eigenvalue weighted by molar-refractivity contribution is -0.137. The van der Waals surface area contributed by atoms with Crippen LogP contribution in [-0.2, 0) is 17.0 Å². The van der Waals surface area contributed by atoms with Crippen LogP contribution in [-0.4, -0.2) is 9.96 Å². The second-order valence-electron chi connectivity index (χ2n) is 3.92. The summed E-state index contributed by atoms with van der Waals surface area (Å²) in [5, 5.41) is 8.35. The van der Waals surface area contributed by atoms with Crippen molar-refractivity contribution in [2.24, 2.45) is 0 Å². The van der Waals surface area contributed by atoms with E-state index in [1.807, 2.05) is 6.07 Å². The minimum Gasteiger partial charge on any atom is -0.398 e. The molecule has 3 nitrogen and oxygen atoms in total. The molecule has 0 saturated carbocycles. The molecule has 0 aromatic heterocycles. The molecule has 0 fully saturated rings. The van der Waals surface area contributed by atoms with Gasteiger partial charge in [0, 0.05) is 17.9 Å². The largest absolute Gasteiger partial charge is 0.416 e. The molecule has 1 rings (SSSR count). The van der Waals surface area contributed by atoms with Crippen molar-refractivity contribution in [1.82, 2.24) is 0 Å². The molecule has 1 aromatic carbocycles. The van der Waals surface area contributed by atoms with Gasteiger partial charge >= 0.3 is 6.18 Å². The summed E-state index contributed by atoms with van der Waals surface area (Å²) in [7, 11) is -1.44. The smallest absolute Gasteiger partial charge is 0.398 e. The van der Waals surface area contributed by atoms with E-state index in [1.165, 1.54) is 0 Å². The lowest BCUT2D eigenvalue weighted by Crippen LogP contribution is -2.08. The fourth-order valence-electron chi connectivity index (χ4n) is 1.48. The van der Waals surface area contributed by atoms with E-state index in [1.54, 1.807) is 0 Å². The SMILES string of the molecule is N#CCCCCS(=O)c1ccc(C(F)(F)F)cc1N. The van der Waals surface area contributed by atoms with Crippen LogP contribution in [0.2, 0.25) is 0 Å². The van der Waals surface area contributed by atoms with Crippen molar-refractivity contribution in [3.05, 3.63) is 23.8 Å². The fourth-order valence-corrected chi connectivity index (χ4v) is 2.71. The van der Waals surface area contributed by atoms with E-state index in [-0.39, 0.29) is 16.3 Å². The van der Waals surface area contributed by atoms with Crippen molar-refractivity contribution in [2.45, 2.75) is 30.3 Å². The summed E-state index contributed by atoms with van der Waals surface area (Å²) in [6.07, 6.45) is -2.90. The Morgan fingerprint density at radius 1 is 1.32 bits per heavy atom. The predicted molar refractivity (Wildman–Crippen MR) is 66.6 cm³/mol. The van der Waals surface area contributed by atoms with Crippen LogP contribution in [0.5, 0.6) is 0 Å². The van der Waals surface area contributed by atoms with Crippen LogP contribution in [0.4, 0.5) is 18.9 Å². The molecule has 0 amide bonds. The van der Waals surface area contributed by atoms with Gasteiger partial charge in [-0.15, -0.1) is 0 Å². The van der Waals surface area contributed by atoms with Gasteiger partial charge in [-0.25, -0.2) is 0 Å². The predicted octanol–water partition coefficient (Wildman–Crippen LogP) is 3.09.